The summed E-state index contributed by atoms with van der Waals surface area (Å²) in [4.78, 5) is 0. The van der Waals surface area contributed by atoms with Gasteiger partial charge in [-0.3, -0.25) is 0 Å². The fraction of sp³-hybridized carbons (Fsp3) is 0.760. The zero-order chi connectivity index (χ0) is 20.4. The molecule has 2 saturated carbocycles. The second-order valence-corrected chi connectivity index (χ2v) is 9.63. The first kappa shape index (κ1) is 20.9. The maximum atomic E-state index is 14.5. The largest absolute Gasteiger partial charge is 0.494 e. The first-order chi connectivity index (χ1) is 14.1. The Kier molecular flexibility index (Phi) is 6.66. The molecule has 0 saturated heterocycles. The van der Waals surface area contributed by atoms with Gasteiger partial charge < -0.3 is 9.47 Å². The van der Waals surface area contributed by atoms with Gasteiger partial charge in [-0.2, -0.15) is 8.78 Å². The summed E-state index contributed by atoms with van der Waals surface area (Å²) in [5, 5.41) is 0. The highest BCUT2D eigenvalue weighted by molar-refractivity contribution is 5.44. The number of halogens is 2. The number of methoxy groups -OCH3 is 1. The Bertz CT molecular complexity index is 689. The van der Waals surface area contributed by atoms with Crippen molar-refractivity contribution in [1.82, 2.24) is 0 Å². The molecule has 1 aromatic rings. The lowest BCUT2D eigenvalue weighted by molar-refractivity contribution is 0.0561. The van der Waals surface area contributed by atoms with Crippen LogP contribution in [-0.2, 0) is 6.42 Å². The minimum atomic E-state index is -0.936. The molecule has 1 aliphatic heterocycles. The summed E-state index contributed by atoms with van der Waals surface area (Å²) >= 11 is 0. The minimum Gasteiger partial charge on any atom is -0.494 e. The molecule has 162 valence electrons. The van der Waals surface area contributed by atoms with Gasteiger partial charge in [-0.15, -0.1) is 0 Å². The van der Waals surface area contributed by atoms with Crippen LogP contribution >= 0.6 is 0 Å². The summed E-state index contributed by atoms with van der Waals surface area (Å²) in [6.07, 6.45) is 14.9. The molecular weight excluding hydrogens is 370 g/mol. The molecule has 1 aromatic carbocycles. The summed E-state index contributed by atoms with van der Waals surface area (Å²) in [5.41, 5.74) is 0.731. The van der Waals surface area contributed by atoms with Gasteiger partial charge in [-0.25, -0.2) is 0 Å². The molecule has 0 radical (unpaired) electrons. The second-order valence-electron chi connectivity index (χ2n) is 9.63. The molecule has 1 unspecified atom stereocenters. The van der Waals surface area contributed by atoms with Crippen molar-refractivity contribution in [2.75, 3.05) is 7.11 Å². The van der Waals surface area contributed by atoms with Crippen molar-refractivity contribution in [1.29, 1.82) is 0 Å². The number of fused-ring (bicyclic) bond motifs is 1. The van der Waals surface area contributed by atoms with Gasteiger partial charge in [-0.1, -0.05) is 32.6 Å². The van der Waals surface area contributed by atoms with E-state index in [1.807, 2.05) is 0 Å². The molecule has 3 aliphatic rings. The Morgan fingerprint density at radius 3 is 2.14 bits per heavy atom. The van der Waals surface area contributed by atoms with E-state index < -0.39 is 11.6 Å². The predicted molar refractivity (Wildman–Crippen MR) is 111 cm³/mol. The van der Waals surface area contributed by atoms with Gasteiger partial charge in [0.05, 0.1) is 7.11 Å². The highest BCUT2D eigenvalue weighted by Crippen LogP contribution is 2.45. The zero-order valence-electron chi connectivity index (χ0n) is 18.0. The number of hydrogen-bond acceptors (Lipinski definition) is 2. The van der Waals surface area contributed by atoms with Crippen LogP contribution in [0, 0.1) is 35.3 Å². The van der Waals surface area contributed by atoms with Gasteiger partial charge in [0.2, 0.25) is 11.6 Å². The quantitative estimate of drug-likeness (QED) is 0.520. The van der Waals surface area contributed by atoms with E-state index in [9.17, 15) is 8.78 Å². The normalized spacial score (nSPS) is 32.3. The molecule has 0 bridgehead atoms. The van der Waals surface area contributed by atoms with Crippen molar-refractivity contribution in [2.45, 2.75) is 90.1 Å². The van der Waals surface area contributed by atoms with E-state index in [1.165, 1.54) is 71.3 Å². The van der Waals surface area contributed by atoms with Crippen molar-refractivity contribution in [3.05, 3.63) is 23.3 Å². The monoisotopic (exact) mass is 406 g/mol. The summed E-state index contributed by atoms with van der Waals surface area (Å²) in [6.45, 7) is 2.30. The van der Waals surface area contributed by atoms with Crippen LogP contribution in [-0.4, -0.2) is 13.2 Å². The van der Waals surface area contributed by atoms with Gasteiger partial charge in [-0.05, 0) is 81.1 Å². The van der Waals surface area contributed by atoms with Gasteiger partial charge >= 0.3 is 0 Å². The fourth-order valence-electron chi connectivity index (χ4n) is 6.28. The molecule has 29 heavy (non-hydrogen) atoms. The number of benzene rings is 1. The molecule has 0 N–H and O–H groups in total. The lowest BCUT2D eigenvalue weighted by Gasteiger charge is -2.40. The summed E-state index contributed by atoms with van der Waals surface area (Å²) in [5.74, 6) is 1.49. The van der Waals surface area contributed by atoms with Gasteiger partial charge in [0, 0.05) is 5.56 Å². The SMILES string of the molecule is CCCC1CCC(C2CCC(C3CCc4cc(OC)c(F)c(F)c4O3)CC2)CC1. The molecule has 0 amide bonds. The van der Waals surface area contributed by atoms with Crippen LogP contribution < -0.4 is 9.47 Å². The average molecular weight is 407 g/mol. The smallest absolute Gasteiger partial charge is 0.204 e. The maximum Gasteiger partial charge on any atom is 0.204 e. The van der Waals surface area contributed by atoms with Crippen molar-refractivity contribution in [3.63, 3.8) is 0 Å². The second kappa shape index (κ2) is 9.22. The van der Waals surface area contributed by atoms with E-state index in [0.29, 0.717) is 5.92 Å². The summed E-state index contributed by atoms with van der Waals surface area (Å²) < 4.78 is 39.6. The first-order valence-corrected chi connectivity index (χ1v) is 11.8. The van der Waals surface area contributed by atoms with Crippen molar-refractivity contribution >= 4 is 0 Å². The number of aryl methyl sites for hydroxylation is 1. The highest BCUT2D eigenvalue weighted by Gasteiger charge is 2.36. The maximum absolute atomic E-state index is 14.5. The average Bonchev–Trinajstić information content (AvgIpc) is 2.77. The first-order valence-electron chi connectivity index (χ1n) is 11.8. The molecule has 1 heterocycles. The van der Waals surface area contributed by atoms with Crippen LogP contribution in [0.15, 0.2) is 6.07 Å². The Hall–Kier alpha value is -1.32. The fourth-order valence-corrected chi connectivity index (χ4v) is 6.28. The van der Waals surface area contributed by atoms with E-state index in [1.54, 1.807) is 6.07 Å². The third-order valence-corrected chi connectivity index (χ3v) is 7.99. The molecular formula is C25H36F2O2. The summed E-state index contributed by atoms with van der Waals surface area (Å²) in [6, 6.07) is 1.59. The highest BCUT2D eigenvalue weighted by atomic mass is 19.2. The molecule has 2 aliphatic carbocycles. The van der Waals surface area contributed by atoms with Crippen molar-refractivity contribution in [3.8, 4) is 11.5 Å². The third kappa shape index (κ3) is 4.41. The third-order valence-electron chi connectivity index (χ3n) is 7.99. The standard InChI is InChI=1S/C25H36F2O2/c1-3-4-16-5-7-17(8-6-16)18-9-11-19(12-10-18)21-14-13-20-15-22(28-2)23(26)24(27)25(20)29-21/h15-19,21H,3-14H2,1-2H3. The predicted octanol–water partition coefficient (Wildman–Crippen LogP) is 7.08. The van der Waals surface area contributed by atoms with E-state index in [-0.39, 0.29) is 17.6 Å². The molecule has 4 rings (SSSR count). The molecule has 4 heteroatoms. The molecule has 1 atom stereocenters. The van der Waals surface area contributed by atoms with Gasteiger partial charge in [0.1, 0.15) is 6.10 Å². The Labute approximate surface area is 174 Å². The van der Waals surface area contributed by atoms with Crippen LogP contribution in [0.25, 0.3) is 0 Å². The van der Waals surface area contributed by atoms with Crippen molar-refractivity contribution < 1.29 is 18.3 Å². The van der Waals surface area contributed by atoms with E-state index in [2.05, 4.69) is 6.92 Å². The van der Waals surface area contributed by atoms with Crippen LogP contribution in [0.5, 0.6) is 11.5 Å². The zero-order valence-corrected chi connectivity index (χ0v) is 18.0. The lowest BCUT2D eigenvalue weighted by atomic mass is 9.67. The van der Waals surface area contributed by atoms with Crippen LogP contribution in [0.2, 0.25) is 0 Å². The van der Waals surface area contributed by atoms with Crippen LogP contribution in [0.4, 0.5) is 8.78 Å². The lowest BCUT2D eigenvalue weighted by Crippen LogP contribution is -2.35. The molecule has 0 aromatic heterocycles. The Balaban J connectivity index is 1.32. The number of rotatable bonds is 5. The number of ether oxygens (including phenoxy) is 2. The Morgan fingerprint density at radius 1 is 0.897 bits per heavy atom. The van der Waals surface area contributed by atoms with Crippen LogP contribution in [0.1, 0.15) is 83.1 Å². The minimum absolute atomic E-state index is 0.0195. The van der Waals surface area contributed by atoms with E-state index >= 15 is 0 Å². The molecule has 0 spiro atoms. The van der Waals surface area contributed by atoms with Crippen LogP contribution in [0.3, 0.4) is 0 Å². The molecule has 2 fully saturated rings. The Morgan fingerprint density at radius 2 is 1.52 bits per heavy atom. The van der Waals surface area contributed by atoms with Gasteiger partial charge in [0.15, 0.2) is 11.5 Å². The topological polar surface area (TPSA) is 18.5 Å². The number of hydrogen-bond donors (Lipinski definition) is 0. The summed E-state index contributed by atoms with van der Waals surface area (Å²) in [7, 11) is 1.37. The van der Waals surface area contributed by atoms with E-state index in [0.717, 1.165) is 36.2 Å². The molecule has 2 nitrogen and oxygen atoms in total. The van der Waals surface area contributed by atoms with Crippen molar-refractivity contribution in [2.24, 2.45) is 23.7 Å². The van der Waals surface area contributed by atoms with Gasteiger partial charge in [0.25, 0.3) is 0 Å². The van der Waals surface area contributed by atoms with E-state index in [4.69, 9.17) is 9.47 Å².